The Bertz CT molecular complexity index is 472. The summed E-state index contributed by atoms with van der Waals surface area (Å²) in [6, 6.07) is 8.44. The highest BCUT2D eigenvalue weighted by Gasteiger charge is 2.26. The standard InChI is InChI=1S/C17H24ClNO2/c1-12(2)13-5-7-14(8-6-13)16(18)11-19-9-3-4-15(10-19)17(20)21/h5-8,12,15-16H,3-4,9-11H2,1-2H3,(H,20,21). The van der Waals surface area contributed by atoms with Crippen LogP contribution in [0.15, 0.2) is 24.3 Å². The molecule has 1 aromatic carbocycles. The highest BCUT2D eigenvalue weighted by molar-refractivity contribution is 6.21. The summed E-state index contributed by atoms with van der Waals surface area (Å²) in [5.74, 6) is -0.413. The van der Waals surface area contributed by atoms with Crippen molar-refractivity contribution in [2.45, 2.75) is 38.0 Å². The van der Waals surface area contributed by atoms with Crippen LogP contribution in [0.5, 0.6) is 0 Å². The molecular weight excluding hydrogens is 286 g/mol. The number of benzene rings is 1. The molecule has 0 amide bonds. The Kier molecular flexibility index (Phi) is 5.65. The molecule has 4 heteroatoms. The second-order valence-electron chi connectivity index (χ2n) is 6.23. The summed E-state index contributed by atoms with van der Waals surface area (Å²) in [7, 11) is 0. The molecule has 0 radical (unpaired) electrons. The lowest BCUT2D eigenvalue weighted by Crippen LogP contribution is -2.40. The van der Waals surface area contributed by atoms with Crippen molar-refractivity contribution in [1.29, 1.82) is 0 Å². The van der Waals surface area contributed by atoms with Crippen LogP contribution in [0.25, 0.3) is 0 Å². The van der Waals surface area contributed by atoms with Crippen molar-refractivity contribution < 1.29 is 9.90 Å². The molecule has 0 aromatic heterocycles. The number of piperidine rings is 1. The van der Waals surface area contributed by atoms with Gasteiger partial charge in [-0.2, -0.15) is 0 Å². The molecule has 0 saturated carbocycles. The first kappa shape index (κ1) is 16.3. The third kappa shape index (κ3) is 4.45. The summed E-state index contributed by atoms with van der Waals surface area (Å²) in [6.45, 7) is 6.62. The van der Waals surface area contributed by atoms with Crippen LogP contribution in [0, 0.1) is 5.92 Å². The first-order valence-electron chi connectivity index (χ1n) is 7.66. The van der Waals surface area contributed by atoms with Crippen LogP contribution in [0.4, 0.5) is 0 Å². The topological polar surface area (TPSA) is 40.5 Å². The van der Waals surface area contributed by atoms with Crippen molar-refractivity contribution in [3.8, 4) is 0 Å². The quantitative estimate of drug-likeness (QED) is 0.839. The molecule has 1 fully saturated rings. The predicted octanol–water partition coefficient (Wildman–Crippen LogP) is 3.89. The minimum absolute atomic E-state index is 0.0845. The number of hydrogen-bond donors (Lipinski definition) is 1. The summed E-state index contributed by atoms with van der Waals surface area (Å²) in [6.07, 6.45) is 1.72. The fourth-order valence-corrected chi connectivity index (χ4v) is 3.19. The molecule has 2 atom stereocenters. The average Bonchev–Trinajstić information content (AvgIpc) is 2.47. The van der Waals surface area contributed by atoms with Crippen molar-refractivity contribution in [3.05, 3.63) is 35.4 Å². The predicted molar refractivity (Wildman–Crippen MR) is 85.9 cm³/mol. The van der Waals surface area contributed by atoms with Crippen LogP contribution in [0.2, 0.25) is 0 Å². The Morgan fingerprint density at radius 1 is 1.33 bits per heavy atom. The maximum Gasteiger partial charge on any atom is 0.307 e. The number of carboxylic acids is 1. The molecule has 0 aliphatic carbocycles. The summed E-state index contributed by atoms with van der Waals surface area (Å²) in [5, 5.41) is 9.05. The number of carbonyl (C=O) groups is 1. The number of carboxylic acid groups (broad SMARTS) is 1. The number of likely N-dealkylation sites (tertiary alicyclic amines) is 1. The molecule has 0 spiro atoms. The summed E-state index contributed by atoms with van der Waals surface area (Å²) in [4.78, 5) is 13.3. The first-order chi connectivity index (χ1) is 9.97. The zero-order chi connectivity index (χ0) is 15.4. The largest absolute Gasteiger partial charge is 0.481 e. The normalized spacial score (nSPS) is 21.4. The van der Waals surface area contributed by atoms with Gasteiger partial charge in [-0.05, 0) is 36.4 Å². The lowest BCUT2D eigenvalue weighted by Gasteiger charge is -2.32. The minimum Gasteiger partial charge on any atom is -0.481 e. The average molecular weight is 310 g/mol. The van der Waals surface area contributed by atoms with E-state index in [0.717, 1.165) is 24.9 Å². The van der Waals surface area contributed by atoms with Crippen LogP contribution in [0.1, 0.15) is 49.1 Å². The van der Waals surface area contributed by atoms with E-state index in [1.165, 1.54) is 5.56 Å². The molecule has 116 valence electrons. The van der Waals surface area contributed by atoms with Crippen LogP contribution in [-0.4, -0.2) is 35.6 Å². The van der Waals surface area contributed by atoms with Gasteiger partial charge in [0.15, 0.2) is 0 Å². The lowest BCUT2D eigenvalue weighted by atomic mass is 9.97. The Hall–Kier alpha value is -1.06. The molecule has 0 bridgehead atoms. The molecule has 2 unspecified atom stereocenters. The van der Waals surface area contributed by atoms with E-state index in [9.17, 15) is 4.79 Å². The van der Waals surface area contributed by atoms with Gasteiger partial charge in [0.2, 0.25) is 0 Å². The van der Waals surface area contributed by atoms with E-state index in [0.29, 0.717) is 19.0 Å². The van der Waals surface area contributed by atoms with Crippen LogP contribution < -0.4 is 0 Å². The monoisotopic (exact) mass is 309 g/mol. The Labute approximate surface area is 131 Å². The van der Waals surface area contributed by atoms with Gasteiger partial charge in [0.05, 0.1) is 11.3 Å². The molecule has 1 heterocycles. The molecule has 1 aliphatic rings. The number of hydrogen-bond acceptors (Lipinski definition) is 2. The van der Waals surface area contributed by atoms with Crippen molar-refractivity contribution in [3.63, 3.8) is 0 Å². The molecule has 1 aromatic rings. The highest BCUT2D eigenvalue weighted by Crippen LogP contribution is 2.26. The molecular formula is C17H24ClNO2. The third-order valence-corrected chi connectivity index (χ3v) is 4.63. The van der Waals surface area contributed by atoms with Crippen molar-refractivity contribution in [2.75, 3.05) is 19.6 Å². The van der Waals surface area contributed by atoms with Crippen molar-refractivity contribution in [2.24, 2.45) is 5.92 Å². The molecule has 1 saturated heterocycles. The number of aliphatic carboxylic acids is 1. The van der Waals surface area contributed by atoms with Gasteiger partial charge in [-0.3, -0.25) is 4.79 Å². The Balaban J connectivity index is 1.94. The number of halogens is 1. The van der Waals surface area contributed by atoms with Gasteiger partial charge in [-0.1, -0.05) is 38.1 Å². The van der Waals surface area contributed by atoms with Gasteiger partial charge in [0, 0.05) is 13.1 Å². The van der Waals surface area contributed by atoms with Gasteiger partial charge in [-0.15, -0.1) is 11.6 Å². The van der Waals surface area contributed by atoms with Gasteiger partial charge >= 0.3 is 5.97 Å². The molecule has 21 heavy (non-hydrogen) atoms. The number of alkyl halides is 1. The van der Waals surface area contributed by atoms with E-state index in [1.807, 2.05) is 0 Å². The second kappa shape index (κ2) is 7.28. The van der Waals surface area contributed by atoms with Gasteiger partial charge in [0.1, 0.15) is 0 Å². The second-order valence-corrected chi connectivity index (χ2v) is 6.75. The summed E-state index contributed by atoms with van der Waals surface area (Å²) < 4.78 is 0. The van der Waals surface area contributed by atoms with Crippen LogP contribution in [0.3, 0.4) is 0 Å². The van der Waals surface area contributed by atoms with Gasteiger partial charge in [-0.25, -0.2) is 0 Å². The van der Waals surface area contributed by atoms with E-state index in [2.05, 4.69) is 43.0 Å². The summed E-state index contributed by atoms with van der Waals surface area (Å²) >= 11 is 6.51. The first-order valence-corrected chi connectivity index (χ1v) is 8.10. The Morgan fingerprint density at radius 2 is 1.95 bits per heavy atom. The fourth-order valence-electron chi connectivity index (χ4n) is 2.84. The molecule has 2 rings (SSSR count). The van der Waals surface area contributed by atoms with E-state index in [4.69, 9.17) is 16.7 Å². The van der Waals surface area contributed by atoms with Crippen LogP contribution in [-0.2, 0) is 4.79 Å². The SMILES string of the molecule is CC(C)c1ccc(C(Cl)CN2CCCC(C(=O)O)C2)cc1. The van der Waals surface area contributed by atoms with Crippen LogP contribution >= 0.6 is 11.6 Å². The van der Waals surface area contributed by atoms with E-state index < -0.39 is 5.97 Å². The van der Waals surface area contributed by atoms with E-state index in [-0.39, 0.29) is 11.3 Å². The fraction of sp³-hybridized carbons (Fsp3) is 0.588. The highest BCUT2D eigenvalue weighted by atomic mass is 35.5. The molecule has 1 aliphatic heterocycles. The maximum absolute atomic E-state index is 11.1. The van der Waals surface area contributed by atoms with E-state index >= 15 is 0 Å². The van der Waals surface area contributed by atoms with Gasteiger partial charge < -0.3 is 10.0 Å². The van der Waals surface area contributed by atoms with Gasteiger partial charge in [0.25, 0.3) is 0 Å². The Morgan fingerprint density at radius 3 is 2.52 bits per heavy atom. The smallest absolute Gasteiger partial charge is 0.307 e. The van der Waals surface area contributed by atoms with Crippen molar-refractivity contribution in [1.82, 2.24) is 4.90 Å². The minimum atomic E-state index is -0.688. The zero-order valence-electron chi connectivity index (χ0n) is 12.8. The maximum atomic E-state index is 11.1. The zero-order valence-corrected chi connectivity index (χ0v) is 13.5. The third-order valence-electron chi connectivity index (χ3n) is 4.24. The molecule has 3 nitrogen and oxygen atoms in total. The van der Waals surface area contributed by atoms with Crippen molar-refractivity contribution >= 4 is 17.6 Å². The number of nitrogens with zero attached hydrogens (tertiary/aromatic N) is 1. The molecule has 1 N–H and O–H groups in total. The lowest BCUT2D eigenvalue weighted by molar-refractivity contribution is -0.143. The van der Waals surface area contributed by atoms with E-state index in [1.54, 1.807) is 0 Å². The summed E-state index contributed by atoms with van der Waals surface area (Å²) in [5.41, 5.74) is 2.42. The number of rotatable bonds is 5.